The summed E-state index contributed by atoms with van der Waals surface area (Å²) in [5.41, 5.74) is 2.16. The lowest BCUT2D eigenvalue weighted by Crippen LogP contribution is -2.07. The first-order valence-corrected chi connectivity index (χ1v) is 7.34. The number of aromatic nitrogens is 3. The smallest absolute Gasteiger partial charge is 0.209 e. The third-order valence-corrected chi connectivity index (χ3v) is 3.87. The zero-order valence-corrected chi connectivity index (χ0v) is 13.4. The molecule has 0 atom stereocenters. The van der Waals surface area contributed by atoms with Crippen LogP contribution in [0.1, 0.15) is 11.4 Å². The Bertz CT molecular complexity index is 767. The van der Waals surface area contributed by atoms with Gasteiger partial charge >= 0.3 is 0 Å². The summed E-state index contributed by atoms with van der Waals surface area (Å²) in [6.45, 7) is 2.64. The molecular formula is C15H15BrN4O. The number of anilines is 1. The van der Waals surface area contributed by atoms with E-state index in [9.17, 15) is 0 Å². The molecule has 108 valence electrons. The molecule has 3 rings (SSSR count). The van der Waals surface area contributed by atoms with E-state index < -0.39 is 0 Å². The van der Waals surface area contributed by atoms with Crippen molar-refractivity contribution in [1.29, 1.82) is 0 Å². The minimum atomic E-state index is 0.686. The van der Waals surface area contributed by atoms with E-state index in [1.807, 2.05) is 41.7 Å². The molecule has 0 saturated carbocycles. The van der Waals surface area contributed by atoms with Crippen molar-refractivity contribution in [2.75, 3.05) is 12.4 Å². The van der Waals surface area contributed by atoms with Crippen LogP contribution in [0.25, 0.3) is 5.52 Å². The number of ether oxygens (including phenoxy) is 1. The van der Waals surface area contributed by atoms with Crippen molar-refractivity contribution in [1.82, 2.24) is 14.4 Å². The first kappa shape index (κ1) is 13.9. The van der Waals surface area contributed by atoms with Crippen LogP contribution in [0, 0.1) is 6.92 Å². The lowest BCUT2D eigenvalue weighted by atomic mass is 10.2. The molecule has 0 spiro atoms. The zero-order chi connectivity index (χ0) is 14.8. The Labute approximate surface area is 131 Å². The van der Waals surface area contributed by atoms with E-state index in [1.165, 1.54) is 0 Å². The van der Waals surface area contributed by atoms with Gasteiger partial charge in [0, 0.05) is 12.7 Å². The first-order chi connectivity index (χ1) is 10.2. The highest BCUT2D eigenvalue weighted by atomic mass is 79.9. The molecule has 21 heavy (non-hydrogen) atoms. The van der Waals surface area contributed by atoms with Crippen molar-refractivity contribution in [3.63, 3.8) is 0 Å². The summed E-state index contributed by atoms with van der Waals surface area (Å²) < 4.78 is 7.98. The van der Waals surface area contributed by atoms with E-state index in [0.29, 0.717) is 6.54 Å². The van der Waals surface area contributed by atoms with E-state index in [0.717, 1.165) is 33.2 Å². The van der Waals surface area contributed by atoms with Gasteiger partial charge in [0.05, 0.1) is 12.6 Å². The normalized spacial score (nSPS) is 10.8. The summed E-state index contributed by atoms with van der Waals surface area (Å²) in [7, 11) is 1.66. The molecule has 1 aromatic carbocycles. The second kappa shape index (κ2) is 5.73. The van der Waals surface area contributed by atoms with Crippen molar-refractivity contribution in [2.24, 2.45) is 0 Å². The molecule has 2 aromatic heterocycles. The number of methoxy groups -OCH3 is 1. The van der Waals surface area contributed by atoms with Gasteiger partial charge in [0.2, 0.25) is 5.95 Å². The number of hydrogen-bond acceptors (Lipinski definition) is 4. The van der Waals surface area contributed by atoms with Crippen LogP contribution < -0.4 is 10.1 Å². The SMILES string of the molecule is COc1ccc(CNc2nccc3c(Br)nc(C)n23)cc1. The van der Waals surface area contributed by atoms with E-state index in [1.54, 1.807) is 13.3 Å². The summed E-state index contributed by atoms with van der Waals surface area (Å²) in [4.78, 5) is 8.81. The Morgan fingerprint density at radius 2 is 2.00 bits per heavy atom. The van der Waals surface area contributed by atoms with Crippen LogP contribution in [0.4, 0.5) is 5.95 Å². The van der Waals surface area contributed by atoms with Gasteiger partial charge in [0.1, 0.15) is 16.2 Å². The lowest BCUT2D eigenvalue weighted by Gasteiger charge is -2.09. The molecule has 0 saturated heterocycles. The van der Waals surface area contributed by atoms with Crippen LogP contribution >= 0.6 is 15.9 Å². The topological polar surface area (TPSA) is 51.5 Å². The molecule has 0 unspecified atom stereocenters. The number of nitrogens with zero attached hydrogens (tertiary/aromatic N) is 3. The largest absolute Gasteiger partial charge is 0.497 e. The standard InChI is InChI=1S/C15H15BrN4O/c1-10-19-14(16)13-7-8-17-15(20(10)13)18-9-11-3-5-12(21-2)6-4-11/h3-8H,9H2,1-2H3,(H,17,18). The van der Waals surface area contributed by atoms with E-state index in [4.69, 9.17) is 4.74 Å². The monoisotopic (exact) mass is 346 g/mol. The van der Waals surface area contributed by atoms with Gasteiger partial charge in [-0.2, -0.15) is 0 Å². The highest BCUT2D eigenvalue weighted by molar-refractivity contribution is 9.10. The number of rotatable bonds is 4. The van der Waals surface area contributed by atoms with Gasteiger partial charge in [0.15, 0.2) is 0 Å². The number of imidazole rings is 1. The minimum absolute atomic E-state index is 0.686. The number of fused-ring (bicyclic) bond motifs is 1. The molecule has 0 amide bonds. The van der Waals surface area contributed by atoms with Crippen molar-refractivity contribution in [3.8, 4) is 5.75 Å². The third-order valence-electron chi connectivity index (χ3n) is 3.29. The van der Waals surface area contributed by atoms with E-state index in [-0.39, 0.29) is 0 Å². The van der Waals surface area contributed by atoms with Crippen molar-refractivity contribution in [2.45, 2.75) is 13.5 Å². The lowest BCUT2D eigenvalue weighted by molar-refractivity contribution is 0.414. The molecule has 2 heterocycles. The number of benzene rings is 1. The number of hydrogen-bond donors (Lipinski definition) is 1. The Hall–Kier alpha value is -2.08. The molecule has 5 nitrogen and oxygen atoms in total. The van der Waals surface area contributed by atoms with Gasteiger partial charge in [-0.25, -0.2) is 9.97 Å². The molecule has 1 N–H and O–H groups in total. The highest BCUT2D eigenvalue weighted by Gasteiger charge is 2.09. The van der Waals surface area contributed by atoms with Crippen LogP contribution in [0.2, 0.25) is 0 Å². The Morgan fingerprint density at radius 1 is 1.24 bits per heavy atom. The van der Waals surface area contributed by atoms with Crippen LogP contribution in [-0.2, 0) is 6.54 Å². The molecule has 0 radical (unpaired) electrons. The van der Waals surface area contributed by atoms with Gasteiger partial charge in [-0.15, -0.1) is 0 Å². The summed E-state index contributed by atoms with van der Waals surface area (Å²) in [5.74, 6) is 2.52. The van der Waals surface area contributed by atoms with E-state index >= 15 is 0 Å². The second-order valence-electron chi connectivity index (χ2n) is 4.64. The van der Waals surface area contributed by atoms with Gasteiger partial charge in [-0.1, -0.05) is 12.1 Å². The maximum atomic E-state index is 5.16. The van der Waals surface area contributed by atoms with Crippen LogP contribution in [-0.4, -0.2) is 21.5 Å². The first-order valence-electron chi connectivity index (χ1n) is 6.55. The fraction of sp³-hybridized carbons (Fsp3) is 0.200. The van der Waals surface area contributed by atoms with Gasteiger partial charge in [0.25, 0.3) is 0 Å². The molecular weight excluding hydrogens is 332 g/mol. The molecule has 0 bridgehead atoms. The minimum Gasteiger partial charge on any atom is -0.497 e. The van der Waals surface area contributed by atoms with Crippen LogP contribution in [0.15, 0.2) is 41.1 Å². The predicted molar refractivity (Wildman–Crippen MR) is 85.7 cm³/mol. The van der Waals surface area contributed by atoms with Gasteiger partial charge in [-0.05, 0) is 46.6 Å². The third kappa shape index (κ3) is 2.71. The maximum Gasteiger partial charge on any atom is 0.209 e. The number of halogens is 1. The number of aryl methyl sites for hydroxylation is 1. The second-order valence-corrected chi connectivity index (χ2v) is 5.39. The Kier molecular flexibility index (Phi) is 3.79. The maximum absolute atomic E-state index is 5.16. The van der Waals surface area contributed by atoms with Crippen molar-refractivity contribution >= 4 is 27.4 Å². The molecule has 3 aromatic rings. The van der Waals surface area contributed by atoms with Crippen molar-refractivity contribution < 1.29 is 4.74 Å². The quantitative estimate of drug-likeness (QED) is 0.786. The fourth-order valence-electron chi connectivity index (χ4n) is 2.21. The zero-order valence-electron chi connectivity index (χ0n) is 11.8. The molecule has 0 fully saturated rings. The summed E-state index contributed by atoms with van der Waals surface area (Å²) in [6.07, 6.45) is 1.78. The van der Waals surface area contributed by atoms with Gasteiger partial charge in [-0.3, -0.25) is 4.40 Å². The Morgan fingerprint density at radius 3 is 2.71 bits per heavy atom. The fourth-order valence-corrected chi connectivity index (χ4v) is 2.78. The molecule has 0 aliphatic carbocycles. The van der Waals surface area contributed by atoms with Gasteiger partial charge < -0.3 is 10.1 Å². The average molecular weight is 347 g/mol. The molecule has 6 heteroatoms. The van der Waals surface area contributed by atoms with Crippen LogP contribution in [0.5, 0.6) is 5.75 Å². The molecule has 0 aliphatic rings. The van der Waals surface area contributed by atoms with Crippen LogP contribution in [0.3, 0.4) is 0 Å². The molecule has 0 aliphatic heterocycles. The average Bonchev–Trinajstić information content (AvgIpc) is 2.81. The number of nitrogens with one attached hydrogen (secondary N) is 1. The van der Waals surface area contributed by atoms with Crippen molar-refractivity contribution in [3.05, 3.63) is 52.5 Å². The summed E-state index contributed by atoms with van der Waals surface area (Å²) in [5, 5.41) is 3.35. The summed E-state index contributed by atoms with van der Waals surface area (Å²) >= 11 is 3.46. The predicted octanol–water partition coefficient (Wildman–Crippen LogP) is 3.42. The summed E-state index contributed by atoms with van der Waals surface area (Å²) in [6, 6.07) is 9.89. The Balaban J connectivity index is 1.84. The highest BCUT2D eigenvalue weighted by Crippen LogP contribution is 2.21. The van der Waals surface area contributed by atoms with E-state index in [2.05, 4.69) is 31.2 Å².